The molecule has 0 radical (unpaired) electrons. The summed E-state index contributed by atoms with van der Waals surface area (Å²) in [5.74, 6) is 2.51. The van der Waals surface area contributed by atoms with Gasteiger partial charge in [-0.2, -0.15) is 11.8 Å². The molecule has 3 nitrogen and oxygen atoms in total. The molecule has 0 amide bonds. The Morgan fingerprint density at radius 1 is 1.44 bits per heavy atom. The largest absolute Gasteiger partial charge is 0.375 e. The molecule has 2 saturated heterocycles. The first-order chi connectivity index (χ1) is 7.86. The van der Waals surface area contributed by atoms with Crippen LogP contribution < -0.4 is 5.73 Å². The summed E-state index contributed by atoms with van der Waals surface area (Å²) in [6.07, 6.45) is 5.69. The quantitative estimate of drug-likeness (QED) is 0.786. The Morgan fingerprint density at radius 3 is 3.12 bits per heavy atom. The average molecular weight is 242 g/mol. The second kappa shape index (κ2) is 4.48. The number of ether oxygens (including phenoxy) is 1. The number of hydrogen-bond donors (Lipinski definition) is 1. The van der Waals surface area contributed by atoms with Crippen molar-refractivity contribution in [2.45, 2.75) is 43.4 Å². The molecule has 2 aliphatic heterocycles. The van der Waals surface area contributed by atoms with Gasteiger partial charge in [0.05, 0.1) is 12.7 Å². The molecule has 3 fully saturated rings. The van der Waals surface area contributed by atoms with Crippen molar-refractivity contribution in [3.8, 4) is 0 Å². The van der Waals surface area contributed by atoms with Crippen molar-refractivity contribution in [3.05, 3.63) is 0 Å². The maximum atomic E-state index is 6.09. The van der Waals surface area contributed by atoms with Gasteiger partial charge in [0.15, 0.2) is 0 Å². The van der Waals surface area contributed by atoms with Crippen LogP contribution in [0.3, 0.4) is 0 Å². The highest BCUT2D eigenvalue weighted by atomic mass is 32.2. The fraction of sp³-hybridized carbons (Fsp3) is 1.00. The van der Waals surface area contributed by atoms with Crippen molar-refractivity contribution in [1.29, 1.82) is 0 Å². The second-order valence-corrected chi connectivity index (χ2v) is 6.44. The maximum absolute atomic E-state index is 6.09. The number of nitrogens with zero attached hydrogens (tertiary/aromatic N) is 1. The SMILES string of the molecule is NCC1(N2CCOC3CCCC32)CCSC1. The van der Waals surface area contributed by atoms with Crippen LogP contribution in [0.5, 0.6) is 0 Å². The zero-order valence-corrected chi connectivity index (χ0v) is 10.7. The number of thioether (sulfide) groups is 1. The molecule has 3 aliphatic rings. The molecule has 2 N–H and O–H groups in total. The van der Waals surface area contributed by atoms with Crippen LogP contribution in [0, 0.1) is 0 Å². The van der Waals surface area contributed by atoms with Gasteiger partial charge in [-0.1, -0.05) is 0 Å². The van der Waals surface area contributed by atoms with Gasteiger partial charge in [-0.25, -0.2) is 0 Å². The van der Waals surface area contributed by atoms with Crippen LogP contribution in [-0.2, 0) is 4.74 Å². The van der Waals surface area contributed by atoms with Crippen molar-refractivity contribution < 1.29 is 4.74 Å². The molecular weight excluding hydrogens is 220 g/mol. The maximum Gasteiger partial charge on any atom is 0.0731 e. The van der Waals surface area contributed by atoms with Crippen LogP contribution in [0.25, 0.3) is 0 Å². The monoisotopic (exact) mass is 242 g/mol. The molecule has 1 aliphatic carbocycles. The minimum absolute atomic E-state index is 0.293. The molecule has 3 rings (SSSR count). The number of nitrogens with two attached hydrogens (primary N) is 1. The predicted molar refractivity (Wildman–Crippen MR) is 67.8 cm³/mol. The van der Waals surface area contributed by atoms with E-state index in [0.717, 1.165) is 19.7 Å². The van der Waals surface area contributed by atoms with E-state index in [0.29, 0.717) is 17.7 Å². The van der Waals surface area contributed by atoms with E-state index in [1.807, 2.05) is 0 Å². The van der Waals surface area contributed by atoms with Gasteiger partial charge in [-0.05, 0) is 31.4 Å². The van der Waals surface area contributed by atoms with E-state index in [2.05, 4.69) is 16.7 Å². The third-order valence-corrected chi connectivity index (χ3v) is 5.79. The molecule has 0 spiro atoms. The molecule has 0 aromatic heterocycles. The van der Waals surface area contributed by atoms with Gasteiger partial charge in [0.25, 0.3) is 0 Å². The molecule has 4 heteroatoms. The fourth-order valence-corrected chi connectivity index (χ4v) is 5.09. The summed E-state index contributed by atoms with van der Waals surface area (Å²) in [5, 5.41) is 0. The summed E-state index contributed by atoms with van der Waals surface area (Å²) < 4.78 is 5.89. The minimum Gasteiger partial charge on any atom is -0.375 e. The summed E-state index contributed by atoms with van der Waals surface area (Å²) in [4.78, 5) is 2.72. The smallest absolute Gasteiger partial charge is 0.0731 e. The topological polar surface area (TPSA) is 38.5 Å². The average Bonchev–Trinajstić information content (AvgIpc) is 2.98. The van der Waals surface area contributed by atoms with E-state index in [4.69, 9.17) is 10.5 Å². The van der Waals surface area contributed by atoms with Gasteiger partial charge in [-0.3, -0.25) is 4.90 Å². The third-order valence-electron chi connectivity index (χ3n) is 4.55. The van der Waals surface area contributed by atoms with Crippen LogP contribution >= 0.6 is 11.8 Å². The van der Waals surface area contributed by atoms with E-state index in [1.54, 1.807) is 0 Å². The van der Waals surface area contributed by atoms with Gasteiger partial charge in [0.2, 0.25) is 0 Å². The molecule has 3 unspecified atom stereocenters. The van der Waals surface area contributed by atoms with Crippen molar-refractivity contribution >= 4 is 11.8 Å². The molecular formula is C12H22N2OS. The first kappa shape index (κ1) is 11.3. The predicted octanol–water partition coefficient (Wildman–Crippen LogP) is 1.07. The second-order valence-electron chi connectivity index (χ2n) is 5.33. The van der Waals surface area contributed by atoms with E-state index < -0.39 is 0 Å². The molecule has 0 aromatic carbocycles. The molecule has 3 atom stereocenters. The number of rotatable bonds is 2. The fourth-order valence-electron chi connectivity index (χ4n) is 3.62. The lowest BCUT2D eigenvalue weighted by Crippen LogP contribution is -2.63. The van der Waals surface area contributed by atoms with E-state index >= 15 is 0 Å². The minimum atomic E-state index is 0.293. The summed E-state index contributed by atoms with van der Waals surface area (Å²) >= 11 is 2.07. The number of morpholine rings is 1. The molecule has 1 saturated carbocycles. The number of hydrogen-bond acceptors (Lipinski definition) is 4. The van der Waals surface area contributed by atoms with E-state index in [1.165, 1.54) is 37.2 Å². The Balaban J connectivity index is 1.81. The molecule has 0 aromatic rings. The lowest BCUT2D eigenvalue weighted by Gasteiger charge is -2.48. The highest BCUT2D eigenvalue weighted by molar-refractivity contribution is 7.99. The van der Waals surface area contributed by atoms with Crippen LogP contribution in [0.4, 0.5) is 0 Å². The van der Waals surface area contributed by atoms with Gasteiger partial charge in [-0.15, -0.1) is 0 Å². The normalized spacial score (nSPS) is 44.8. The van der Waals surface area contributed by atoms with Crippen LogP contribution in [0.1, 0.15) is 25.7 Å². The summed E-state index contributed by atoms with van der Waals surface area (Å²) in [6.45, 7) is 2.83. The standard InChI is InChI=1S/C12H22N2OS/c13-8-12(4-7-16-9-12)14-5-6-15-11-3-1-2-10(11)14/h10-11H,1-9,13H2. The Bertz CT molecular complexity index is 255. The van der Waals surface area contributed by atoms with Crippen molar-refractivity contribution in [2.24, 2.45) is 5.73 Å². The molecule has 92 valence electrons. The van der Waals surface area contributed by atoms with Gasteiger partial charge in [0.1, 0.15) is 0 Å². The van der Waals surface area contributed by atoms with Gasteiger partial charge >= 0.3 is 0 Å². The lowest BCUT2D eigenvalue weighted by atomic mass is 9.92. The van der Waals surface area contributed by atoms with E-state index in [-0.39, 0.29) is 0 Å². The number of fused-ring (bicyclic) bond motifs is 1. The Morgan fingerprint density at radius 2 is 2.38 bits per heavy atom. The summed E-state index contributed by atoms with van der Waals surface area (Å²) in [5.41, 5.74) is 6.38. The highest BCUT2D eigenvalue weighted by Crippen LogP contribution is 2.40. The Kier molecular flexibility index (Phi) is 3.17. The zero-order valence-electron chi connectivity index (χ0n) is 9.86. The van der Waals surface area contributed by atoms with Crippen LogP contribution in [0.15, 0.2) is 0 Å². The van der Waals surface area contributed by atoms with Crippen molar-refractivity contribution in [3.63, 3.8) is 0 Å². The van der Waals surface area contributed by atoms with Crippen LogP contribution in [-0.4, -0.2) is 53.8 Å². The first-order valence-corrected chi connectivity index (χ1v) is 7.67. The summed E-state index contributed by atoms with van der Waals surface area (Å²) in [6, 6.07) is 0.663. The first-order valence-electron chi connectivity index (χ1n) is 6.52. The van der Waals surface area contributed by atoms with Crippen molar-refractivity contribution in [2.75, 3.05) is 31.2 Å². The van der Waals surface area contributed by atoms with Crippen molar-refractivity contribution in [1.82, 2.24) is 4.90 Å². The van der Waals surface area contributed by atoms with Gasteiger partial charge in [0, 0.05) is 30.4 Å². The van der Waals surface area contributed by atoms with Crippen LogP contribution in [0.2, 0.25) is 0 Å². The zero-order chi connectivity index (χ0) is 11.0. The Hall–Kier alpha value is 0.230. The highest BCUT2D eigenvalue weighted by Gasteiger charge is 2.47. The summed E-state index contributed by atoms with van der Waals surface area (Å²) in [7, 11) is 0. The van der Waals surface area contributed by atoms with Gasteiger partial charge < -0.3 is 10.5 Å². The molecule has 2 heterocycles. The lowest BCUT2D eigenvalue weighted by molar-refractivity contribution is -0.0914. The van der Waals surface area contributed by atoms with E-state index in [9.17, 15) is 0 Å². The third kappa shape index (κ3) is 1.70. The molecule has 16 heavy (non-hydrogen) atoms. The molecule has 0 bridgehead atoms. The Labute approximate surface area is 102 Å².